The summed E-state index contributed by atoms with van der Waals surface area (Å²) in [4.78, 5) is 15.6. The maximum absolute atomic E-state index is 15.3. The average Bonchev–Trinajstić information content (AvgIpc) is 3.30. The second-order valence-corrected chi connectivity index (χ2v) is 11.0. The number of fused-ring (bicyclic) bond motifs is 3. The molecule has 3 N–H and O–H groups in total. The Kier molecular flexibility index (Phi) is 6.03. The van der Waals surface area contributed by atoms with Gasteiger partial charge in [-0.3, -0.25) is 4.90 Å². The molecule has 4 atom stereocenters. The first kappa shape index (κ1) is 24.4. The number of anilines is 1. The quantitative estimate of drug-likeness (QED) is 0.483. The van der Waals surface area contributed by atoms with E-state index >= 15 is 4.39 Å². The number of halogens is 2. The van der Waals surface area contributed by atoms with Gasteiger partial charge >= 0.3 is 0 Å². The van der Waals surface area contributed by atoms with E-state index in [1.54, 1.807) is 19.9 Å². The maximum atomic E-state index is 15.3. The third-order valence-corrected chi connectivity index (χ3v) is 7.65. The Balaban J connectivity index is 1.54. The van der Waals surface area contributed by atoms with Gasteiger partial charge in [0.05, 0.1) is 34.6 Å². The highest BCUT2D eigenvalue weighted by Crippen LogP contribution is 2.37. The number of rotatable bonds is 5. The minimum absolute atomic E-state index is 0.0598. The first-order chi connectivity index (χ1) is 16.5. The Hall–Kier alpha value is -2.33. The van der Waals surface area contributed by atoms with E-state index in [9.17, 15) is 10.2 Å². The lowest BCUT2D eigenvalue weighted by molar-refractivity contribution is 0.0193. The average molecular weight is 503 g/mol. The normalized spacial score (nSPS) is 25.1. The number of likely N-dealkylation sites (N-methyl/N-ethyl adjacent to an activating group) is 1. The lowest BCUT2D eigenvalue weighted by Gasteiger charge is -2.40. The first-order valence-electron chi connectivity index (χ1n) is 12.1. The molecule has 2 unspecified atom stereocenters. The van der Waals surface area contributed by atoms with Gasteiger partial charge in [0.2, 0.25) is 5.95 Å². The van der Waals surface area contributed by atoms with Crippen LogP contribution in [0.4, 0.5) is 10.3 Å². The summed E-state index contributed by atoms with van der Waals surface area (Å²) in [6, 6.07) is 3.46. The molecule has 2 saturated heterocycles. The summed E-state index contributed by atoms with van der Waals surface area (Å²) in [6.45, 7) is 7.19. The van der Waals surface area contributed by atoms with Crippen molar-refractivity contribution in [2.24, 2.45) is 0 Å². The lowest BCUT2D eigenvalue weighted by Crippen LogP contribution is -2.55. The second-order valence-electron chi connectivity index (χ2n) is 10.6. The molecule has 10 heteroatoms. The molecular formula is C25H32ClFN6O2. The number of hydrogen-bond acceptors (Lipinski definition) is 7. The first-order valence-corrected chi connectivity index (χ1v) is 12.5. The molecule has 2 fully saturated rings. The van der Waals surface area contributed by atoms with E-state index in [0.717, 1.165) is 19.3 Å². The Morgan fingerprint density at radius 3 is 2.66 bits per heavy atom. The minimum atomic E-state index is -1.24. The molecule has 0 spiro atoms. The summed E-state index contributed by atoms with van der Waals surface area (Å²) in [5.41, 5.74) is 0.371. The Bertz CT molecular complexity index is 1270. The summed E-state index contributed by atoms with van der Waals surface area (Å²) in [5, 5.41) is 25.1. The van der Waals surface area contributed by atoms with Gasteiger partial charge in [-0.1, -0.05) is 11.6 Å². The van der Waals surface area contributed by atoms with Crippen molar-refractivity contribution in [1.29, 1.82) is 0 Å². The van der Waals surface area contributed by atoms with Crippen LogP contribution in [0.2, 0.25) is 5.02 Å². The molecular weight excluding hydrogens is 471 g/mol. The second kappa shape index (κ2) is 8.65. The Labute approximate surface area is 209 Å². The van der Waals surface area contributed by atoms with Gasteiger partial charge in [-0.2, -0.15) is 0 Å². The summed E-state index contributed by atoms with van der Waals surface area (Å²) in [7, 11) is 2.06. The van der Waals surface area contributed by atoms with Crippen molar-refractivity contribution in [3.05, 3.63) is 35.0 Å². The monoisotopic (exact) mass is 502 g/mol. The fraction of sp³-hybridized carbons (Fsp3) is 0.560. The van der Waals surface area contributed by atoms with E-state index in [2.05, 4.69) is 32.2 Å². The van der Waals surface area contributed by atoms with Crippen molar-refractivity contribution in [1.82, 2.24) is 24.4 Å². The smallest absolute Gasteiger partial charge is 0.223 e. The van der Waals surface area contributed by atoms with Crippen LogP contribution in [0.15, 0.2) is 18.3 Å². The van der Waals surface area contributed by atoms with E-state index in [1.165, 1.54) is 12.3 Å². The summed E-state index contributed by atoms with van der Waals surface area (Å²) >= 11 is 6.47. The minimum Gasteiger partial charge on any atom is -0.389 e. The van der Waals surface area contributed by atoms with Crippen LogP contribution >= 0.6 is 11.6 Å². The van der Waals surface area contributed by atoms with Crippen molar-refractivity contribution in [3.8, 4) is 11.3 Å². The predicted molar refractivity (Wildman–Crippen MR) is 134 cm³/mol. The zero-order chi connectivity index (χ0) is 25.2. The van der Waals surface area contributed by atoms with Gasteiger partial charge < -0.3 is 20.1 Å². The number of nitrogens with one attached hydrogen (secondary N) is 1. The van der Waals surface area contributed by atoms with E-state index < -0.39 is 17.5 Å². The number of aliphatic hydroxyl groups excluding tert-OH is 1. The van der Waals surface area contributed by atoms with Crippen LogP contribution in [0.5, 0.6) is 0 Å². The molecule has 8 nitrogen and oxygen atoms in total. The van der Waals surface area contributed by atoms with Gasteiger partial charge in [0.25, 0.3) is 0 Å². The van der Waals surface area contributed by atoms with E-state index in [1.807, 2.05) is 18.4 Å². The number of aromatic nitrogens is 4. The molecule has 0 saturated carbocycles. The topological polar surface area (TPSA) is 99.3 Å². The number of benzene rings is 1. The maximum Gasteiger partial charge on any atom is 0.223 e. The largest absolute Gasteiger partial charge is 0.389 e. The molecule has 2 aromatic heterocycles. The standard InChI is InChI=1S/C25H32ClFN6O2/c1-12(2)33-19-9-13(8-16(27)21(19)30-23(33)25(3,4)35)20-15(26)11-28-24(31-20)29-17-10-14-6-7-18(22(17)34)32(14)5/h8-9,11-12,14,17-18,22,34-35H,6-7,10H2,1-5H3,(H,28,29,31)/t14-,17?,18?,22+/m1/s1. The van der Waals surface area contributed by atoms with Crippen LogP contribution in [0.25, 0.3) is 22.3 Å². The van der Waals surface area contributed by atoms with E-state index in [4.69, 9.17) is 11.6 Å². The third-order valence-electron chi connectivity index (χ3n) is 7.37. The van der Waals surface area contributed by atoms with Gasteiger partial charge in [0.15, 0.2) is 5.82 Å². The predicted octanol–water partition coefficient (Wildman–Crippen LogP) is 4.10. The van der Waals surface area contributed by atoms with E-state index in [-0.39, 0.29) is 28.7 Å². The molecule has 0 aliphatic carbocycles. The Morgan fingerprint density at radius 1 is 1.23 bits per heavy atom. The van der Waals surface area contributed by atoms with Crippen LogP contribution < -0.4 is 5.32 Å². The van der Waals surface area contributed by atoms with Crippen LogP contribution in [0.3, 0.4) is 0 Å². The summed E-state index contributed by atoms with van der Waals surface area (Å²) in [5.74, 6) is 0.210. The fourth-order valence-electron chi connectivity index (χ4n) is 5.63. The number of hydrogen-bond donors (Lipinski definition) is 3. The molecule has 35 heavy (non-hydrogen) atoms. The van der Waals surface area contributed by atoms with Crippen molar-refractivity contribution in [2.45, 2.75) is 82.8 Å². The van der Waals surface area contributed by atoms with Gasteiger partial charge in [0.1, 0.15) is 16.9 Å². The molecule has 2 aliphatic heterocycles. The zero-order valence-corrected chi connectivity index (χ0v) is 21.4. The SMILES string of the molecule is CC(C)n1c(C(C)(C)O)nc2c(F)cc(-c3nc(NC4C[C@H]5CCC([C@H]4O)N5C)ncc3Cl)cc21. The molecule has 188 valence electrons. The van der Waals surface area contributed by atoms with Crippen molar-refractivity contribution >= 4 is 28.6 Å². The van der Waals surface area contributed by atoms with Gasteiger partial charge in [-0.15, -0.1) is 0 Å². The molecule has 5 rings (SSSR count). The van der Waals surface area contributed by atoms with Gasteiger partial charge in [-0.25, -0.2) is 19.3 Å². The molecule has 4 heterocycles. The van der Waals surface area contributed by atoms with Gasteiger partial charge in [0, 0.05) is 23.7 Å². The van der Waals surface area contributed by atoms with Crippen LogP contribution in [0.1, 0.15) is 58.8 Å². The van der Waals surface area contributed by atoms with Crippen LogP contribution in [-0.4, -0.2) is 65.9 Å². The zero-order valence-electron chi connectivity index (χ0n) is 20.6. The van der Waals surface area contributed by atoms with Crippen molar-refractivity contribution < 1.29 is 14.6 Å². The van der Waals surface area contributed by atoms with Crippen molar-refractivity contribution in [2.75, 3.05) is 12.4 Å². The molecule has 0 amide bonds. The molecule has 1 aromatic carbocycles. The molecule has 2 aliphatic rings. The summed E-state index contributed by atoms with van der Waals surface area (Å²) in [6.07, 6.45) is 3.80. The fourth-order valence-corrected chi connectivity index (χ4v) is 5.83. The molecule has 0 radical (unpaired) electrons. The van der Waals surface area contributed by atoms with E-state index in [0.29, 0.717) is 34.6 Å². The highest BCUT2D eigenvalue weighted by atomic mass is 35.5. The number of piperidine rings is 1. The van der Waals surface area contributed by atoms with Crippen LogP contribution in [0, 0.1) is 5.82 Å². The third kappa shape index (κ3) is 4.18. The molecule has 3 aromatic rings. The Morgan fingerprint density at radius 2 is 1.97 bits per heavy atom. The number of aliphatic hydroxyl groups is 2. The summed E-state index contributed by atoms with van der Waals surface area (Å²) < 4.78 is 17.1. The van der Waals surface area contributed by atoms with Crippen LogP contribution in [-0.2, 0) is 5.60 Å². The lowest BCUT2D eigenvalue weighted by atomic mass is 9.95. The highest BCUT2D eigenvalue weighted by Gasteiger charge is 2.45. The number of nitrogens with zero attached hydrogens (tertiary/aromatic N) is 5. The van der Waals surface area contributed by atoms with Gasteiger partial charge in [-0.05, 0) is 66.1 Å². The van der Waals surface area contributed by atoms with Crippen molar-refractivity contribution in [3.63, 3.8) is 0 Å². The number of imidazole rings is 1. The highest BCUT2D eigenvalue weighted by molar-refractivity contribution is 6.33. The molecule has 2 bridgehead atoms.